The molecular formula is C22H37N3O3. The largest absolute Gasteiger partial charge is 0.493 e. The summed E-state index contributed by atoms with van der Waals surface area (Å²) in [6.07, 6.45) is 0. The summed E-state index contributed by atoms with van der Waals surface area (Å²) in [6, 6.07) is 4.59. The number of aryl methyl sites for hydroxylation is 1. The molecule has 0 atom stereocenters. The molecule has 1 amide bonds. The summed E-state index contributed by atoms with van der Waals surface area (Å²) in [6.45, 7) is 15.6. The molecule has 28 heavy (non-hydrogen) atoms. The van der Waals surface area contributed by atoms with E-state index in [2.05, 4.69) is 50.5 Å². The van der Waals surface area contributed by atoms with Gasteiger partial charge in [0.05, 0.1) is 20.8 Å². The minimum atomic E-state index is 0.231. The average molecular weight is 392 g/mol. The summed E-state index contributed by atoms with van der Waals surface area (Å²) in [5.41, 5.74) is 2.47. The summed E-state index contributed by atoms with van der Waals surface area (Å²) >= 11 is 0. The van der Waals surface area contributed by atoms with E-state index in [-0.39, 0.29) is 18.0 Å². The summed E-state index contributed by atoms with van der Waals surface area (Å²) in [7, 11) is 3.33. The Morgan fingerprint density at radius 3 is 1.96 bits per heavy atom. The lowest BCUT2D eigenvalue weighted by molar-refractivity contribution is -0.136. The minimum Gasteiger partial charge on any atom is -0.493 e. The SMILES string of the molecule is COc1cc(C)c(CN2CCN(CC(=O)N(C(C)C)C(C)C)CC2)cc1OC. The molecule has 158 valence electrons. The van der Waals surface area contributed by atoms with Gasteiger partial charge in [-0.3, -0.25) is 14.6 Å². The van der Waals surface area contributed by atoms with E-state index in [9.17, 15) is 4.79 Å². The summed E-state index contributed by atoms with van der Waals surface area (Å²) in [5, 5.41) is 0. The van der Waals surface area contributed by atoms with Gasteiger partial charge in [-0.15, -0.1) is 0 Å². The molecule has 0 spiro atoms. The molecule has 1 aromatic rings. The van der Waals surface area contributed by atoms with Gasteiger partial charge in [0.1, 0.15) is 0 Å². The first-order chi connectivity index (χ1) is 13.3. The fraction of sp³-hybridized carbons (Fsp3) is 0.682. The van der Waals surface area contributed by atoms with Crippen molar-refractivity contribution in [1.82, 2.24) is 14.7 Å². The summed E-state index contributed by atoms with van der Waals surface area (Å²) in [4.78, 5) is 19.4. The number of carbonyl (C=O) groups is 1. The van der Waals surface area contributed by atoms with E-state index in [1.807, 2.05) is 11.0 Å². The Morgan fingerprint density at radius 1 is 0.964 bits per heavy atom. The molecule has 1 fully saturated rings. The highest BCUT2D eigenvalue weighted by Gasteiger charge is 2.25. The second-order valence-corrected chi connectivity index (χ2v) is 8.17. The number of hydrogen-bond acceptors (Lipinski definition) is 5. The van der Waals surface area contributed by atoms with Crippen LogP contribution >= 0.6 is 0 Å². The fourth-order valence-corrected chi connectivity index (χ4v) is 3.98. The van der Waals surface area contributed by atoms with Gasteiger partial charge in [0.2, 0.25) is 5.91 Å². The molecule has 6 nitrogen and oxygen atoms in total. The molecule has 0 bridgehead atoms. The van der Waals surface area contributed by atoms with Crippen LogP contribution in [0.2, 0.25) is 0 Å². The molecule has 1 aliphatic heterocycles. The molecule has 6 heteroatoms. The second-order valence-electron chi connectivity index (χ2n) is 8.17. The second kappa shape index (κ2) is 10.1. The van der Waals surface area contributed by atoms with Crippen molar-refractivity contribution >= 4 is 5.91 Å². The molecule has 1 saturated heterocycles. The van der Waals surface area contributed by atoms with Crippen LogP contribution in [-0.2, 0) is 11.3 Å². The van der Waals surface area contributed by atoms with Crippen molar-refractivity contribution in [3.8, 4) is 11.5 Å². The number of benzene rings is 1. The van der Waals surface area contributed by atoms with E-state index < -0.39 is 0 Å². The van der Waals surface area contributed by atoms with Crippen LogP contribution in [0.25, 0.3) is 0 Å². The van der Waals surface area contributed by atoms with E-state index in [0.717, 1.165) is 44.2 Å². The van der Waals surface area contributed by atoms with Crippen LogP contribution in [-0.4, -0.2) is 79.6 Å². The monoisotopic (exact) mass is 391 g/mol. The highest BCUT2D eigenvalue weighted by atomic mass is 16.5. The topological polar surface area (TPSA) is 45.2 Å². The summed E-state index contributed by atoms with van der Waals surface area (Å²) in [5.74, 6) is 1.77. The maximum absolute atomic E-state index is 12.7. The van der Waals surface area contributed by atoms with Crippen LogP contribution in [0.5, 0.6) is 11.5 Å². The van der Waals surface area contributed by atoms with Gasteiger partial charge < -0.3 is 14.4 Å². The number of amides is 1. The van der Waals surface area contributed by atoms with Crippen molar-refractivity contribution in [2.45, 2.75) is 53.2 Å². The fourth-order valence-electron chi connectivity index (χ4n) is 3.98. The number of ether oxygens (including phenoxy) is 2. The van der Waals surface area contributed by atoms with Crippen molar-refractivity contribution < 1.29 is 14.3 Å². The third kappa shape index (κ3) is 5.61. The zero-order valence-corrected chi connectivity index (χ0v) is 18.6. The van der Waals surface area contributed by atoms with Crippen molar-refractivity contribution in [2.24, 2.45) is 0 Å². The number of methoxy groups -OCH3 is 2. The Balaban J connectivity index is 1.91. The molecule has 2 rings (SSSR count). The van der Waals surface area contributed by atoms with E-state index >= 15 is 0 Å². The molecule has 1 heterocycles. The lowest BCUT2D eigenvalue weighted by Gasteiger charge is -2.37. The zero-order valence-electron chi connectivity index (χ0n) is 18.6. The van der Waals surface area contributed by atoms with Crippen molar-refractivity contribution in [1.29, 1.82) is 0 Å². The third-order valence-corrected chi connectivity index (χ3v) is 5.46. The Kier molecular flexibility index (Phi) is 8.13. The van der Waals surface area contributed by atoms with Crippen LogP contribution in [0.4, 0.5) is 0 Å². The Labute approximate surface area is 170 Å². The first-order valence-electron chi connectivity index (χ1n) is 10.2. The maximum atomic E-state index is 12.7. The standard InChI is InChI=1S/C22H37N3O3/c1-16(2)25(17(3)4)22(26)15-24-10-8-23(9-11-24)14-19-13-21(28-7)20(27-6)12-18(19)5/h12-13,16-17H,8-11,14-15H2,1-7H3. The van der Waals surface area contributed by atoms with Crippen LogP contribution < -0.4 is 9.47 Å². The quantitative estimate of drug-likeness (QED) is 0.682. The normalized spacial score (nSPS) is 15.9. The Hall–Kier alpha value is -1.79. The molecule has 1 aromatic carbocycles. The van der Waals surface area contributed by atoms with E-state index in [4.69, 9.17) is 9.47 Å². The number of rotatable bonds is 8. The number of nitrogens with zero attached hydrogens (tertiary/aromatic N) is 3. The third-order valence-electron chi connectivity index (χ3n) is 5.46. The number of hydrogen-bond donors (Lipinski definition) is 0. The molecule has 0 unspecified atom stereocenters. The van der Waals surface area contributed by atoms with Gasteiger partial charge in [0.25, 0.3) is 0 Å². The Morgan fingerprint density at radius 2 is 1.46 bits per heavy atom. The molecule has 1 aliphatic rings. The van der Waals surface area contributed by atoms with Crippen molar-refractivity contribution in [3.63, 3.8) is 0 Å². The van der Waals surface area contributed by atoms with Crippen LogP contribution in [0, 0.1) is 6.92 Å². The lowest BCUT2D eigenvalue weighted by Crippen LogP contribution is -2.52. The van der Waals surface area contributed by atoms with E-state index in [1.54, 1.807) is 14.2 Å². The zero-order chi connectivity index (χ0) is 20.8. The first-order valence-corrected chi connectivity index (χ1v) is 10.2. The molecule has 0 saturated carbocycles. The predicted octanol–water partition coefficient (Wildman–Crippen LogP) is 2.78. The molecular weight excluding hydrogens is 354 g/mol. The molecule has 0 aromatic heterocycles. The van der Waals surface area contributed by atoms with E-state index in [1.165, 1.54) is 11.1 Å². The van der Waals surface area contributed by atoms with E-state index in [0.29, 0.717) is 6.54 Å². The highest BCUT2D eigenvalue weighted by Crippen LogP contribution is 2.31. The van der Waals surface area contributed by atoms with Crippen molar-refractivity contribution in [2.75, 3.05) is 46.9 Å². The molecule has 0 aliphatic carbocycles. The minimum absolute atomic E-state index is 0.231. The van der Waals surface area contributed by atoms with Gasteiger partial charge in [0.15, 0.2) is 11.5 Å². The highest BCUT2D eigenvalue weighted by molar-refractivity contribution is 5.78. The number of piperazine rings is 1. The van der Waals surface area contributed by atoms with Gasteiger partial charge in [-0.2, -0.15) is 0 Å². The van der Waals surface area contributed by atoms with Crippen LogP contribution in [0.15, 0.2) is 12.1 Å². The van der Waals surface area contributed by atoms with Crippen LogP contribution in [0.1, 0.15) is 38.8 Å². The maximum Gasteiger partial charge on any atom is 0.237 e. The average Bonchev–Trinajstić information content (AvgIpc) is 2.63. The van der Waals surface area contributed by atoms with Crippen molar-refractivity contribution in [3.05, 3.63) is 23.3 Å². The smallest absolute Gasteiger partial charge is 0.237 e. The van der Waals surface area contributed by atoms with Gasteiger partial charge in [-0.1, -0.05) is 0 Å². The van der Waals surface area contributed by atoms with Gasteiger partial charge in [-0.05, 0) is 57.9 Å². The Bertz CT molecular complexity index is 645. The lowest BCUT2D eigenvalue weighted by atomic mass is 10.1. The predicted molar refractivity (Wildman–Crippen MR) is 113 cm³/mol. The summed E-state index contributed by atoms with van der Waals surface area (Å²) < 4.78 is 10.8. The van der Waals surface area contributed by atoms with Gasteiger partial charge in [0, 0.05) is 44.8 Å². The molecule has 0 radical (unpaired) electrons. The van der Waals surface area contributed by atoms with Crippen LogP contribution in [0.3, 0.4) is 0 Å². The van der Waals surface area contributed by atoms with Gasteiger partial charge in [-0.25, -0.2) is 0 Å². The first kappa shape index (κ1) is 22.5. The van der Waals surface area contributed by atoms with Gasteiger partial charge >= 0.3 is 0 Å². The molecule has 0 N–H and O–H groups in total. The number of carbonyl (C=O) groups excluding carboxylic acids is 1.